The van der Waals surface area contributed by atoms with Crippen LogP contribution in [0.25, 0.3) is 0 Å². The molecule has 5 nitrogen and oxygen atoms in total. The Morgan fingerprint density at radius 3 is 2.68 bits per heavy atom. The molecule has 0 spiro atoms. The van der Waals surface area contributed by atoms with E-state index in [1.165, 1.54) is 6.42 Å². The van der Waals surface area contributed by atoms with Crippen LogP contribution in [0.2, 0.25) is 0 Å². The Morgan fingerprint density at radius 2 is 1.96 bits per heavy atom. The predicted octanol–water partition coefficient (Wildman–Crippen LogP) is 2.93. The minimum atomic E-state index is -0.466. The monoisotopic (exact) mass is 410 g/mol. The van der Waals surface area contributed by atoms with Gasteiger partial charge in [0.15, 0.2) is 6.10 Å². The van der Waals surface area contributed by atoms with Crippen LogP contribution in [-0.2, 0) is 9.53 Å². The lowest BCUT2D eigenvalue weighted by molar-refractivity contribution is -0.142. The average Bonchev–Trinajstić information content (AvgIpc) is 2.64. The van der Waals surface area contributed by atoms with Crippen molar-refractivity contribution in [3.63, 3.8) is 0 Å². The average molecular weight is 411 g/mol. The van der Waals surface area contributed by atoms with Crippen LogP contribution in [0.15, 0.2) is 28.7 Å². The van der Waals surface area contributed by atoms with E-state index in [-0.39, 0.29) is 11.9 Å². The molecule has 0 saturated carbocycles. The summed E-state index contributed by atoms with van der Waals surface area (Å²) in [5.74, 6) is 0.826. The van der Waals surface area contributed by atoms with E-state index in [9.17, 15) is 4.79 Å². The molecule has 0 N–H and O–H groups in total. The Kier molecular flexibility index (Phi) is 6.73. The highest BCUT2D eigenvalue weighted by Crippen LogP contribution is 2.22. The molecule has 1 amide bonds. The van der Waals surface area contributed by atoms with Gasteiger partial charge in [-0.1, -0.05) is 15.9 Å². The number of likely N-dealkylation sites (tertiary alicyclic amines) is 1. The molecule has 0 aromatic heterocycles. The lowest BCUT2D eigenvalue weighted by Crippen LogP contribution is -2.54. The van der Waals surface area contributed by atoms with E-state index in [4.69, 9.17) is 9.47 Å². The SMILES string of the molecule is C[C@@H](Oc1ccc(Br)cc1)C(=O)N1CCCC[C@H]1CN1CCOCC1. The van der Waals surface area contributed by atoms with Crippen molar-refractivity contribution in [2.24, 2.45) is 0 Å². The number of hydrogen-bond donors (Lipinski definition) is 0. The summed E-state index contributed by atoms with van der Waals surface area (Å²) in [5, 5.41) is 0. The number of morpholine rings is 1. The molecule has 2 atom stereocenters. The van der Waals surface area contributed by atoms with Crippen LogP contribution >= 0.6 is 15.9 Å². The molecule has 6 heteroatoms. The van der Waals surface area contributed by atoms with E-state index >= 15 is 0 Å². The molecule has 2 saturated heterocycles. The van der Waals surface area contributed by atoms with E-state index in [2.05, 4.69) is 20.8 Å². The highest BCUT2D eigenvalue weighted by Gasteiger charge is 2.32. The number of carbonyl (C=O) groups is 1. The van der Waals surface area contributed by atoms with Gasteiger partial charge in [-0.15, -0.1) is 0 Å². The fourth-order valence-electron chi connectivity index (χ4n) is 3.56. The summed E-state index contributed by atoms with van der Waals surface area (Å²) < 4.78 is 12.3. The van der Waals surface area contributed by atoms with Crippen LogP contribution < -0.4 is 4.74 Å². The normalized spacial score (nSPS) is 23.3. The summed E-state index contributed by atoms with van der Waals surface area (Å²) >= 11 is 3.41. The van der Waals surface area contributed by atoms with Gasteiger partial charge in [-0.3, -0.25) is 9.69 Å². The number of amides is 1. The first-order chi connectivity index (χ1) is 12.1. The zero-order chi connectivity index (χ0) is 17.6. The Hall–Kier alpha value is -1.11. The number of halogens is 1. The highest BCUT2D eigenvalue weighted by molar-refractivity contribution is 9.10. The Labute approximate surface area is 158 Å². The summed E-state index contributed by atoms with van der Waals surface area (Å²) in [5.41, 5.74) is 0. The highest BCUT2D eigenvalue weighted by atomic mass is 79.9. The molecule has 1 aromatic carbocycles. The van der Waals surface area contributed by atoms with Crippen LogP contribution in [-0.4, -0.2) is 67.2 Å². The second-order valence-electron chi connectivity index (χ2n) is 6.81. The number of nitrogens with zero attached hydrogens (tertiary/aromatic N) is 2. The Morgan fingerprint density at radius 1 is 1.24 bits per heavy atom. The first-order valence-electron chi connectivity index (χ1n) is 9.16. The molecular weight excluding hydrogens is 384 g/mol. The number of carbonyl (C=O) groups excluding carboxylic acids is 1. The van der Waals surface area contributed by atoms with E-state index in [0.717, 1.165) is 62.5 Å². The Balaban J connectivity index is 1.59. The molecule has 3 rings (SSSR count). The van der Waals surface area contributed by atoms with Gasteiger partial charge in [0.25, 0.3) is 5.91 Å². The van der Waals surface area contributed by atoms with E-state index in [1.807, 2.05) is 36.1 Å². The maximum atomic E-state index is 13.0. The maximum Gasteiger partial charge on any atom is 0.263 e. The zero-order valence-corrected chi connectivity index (χ0v) is 16.4. The van der Waals surface area contributed by atoms with Crippen LogP contribution in [0.3, 0.4) is 0 Å². The fraction of sp³-hybridized carbons (Fsp3) is 0.632. The summed E-state index contributed by atoms with van der Waals surface area (Å²) in [6.45, 7) is 7.15. The third-order valence-electron chi connectivity index (χ3n) is 4.96. The van der Waals surface area contributed by atoms with Crippen molar-refractivity contribution in [3.8, 4) is 5.75 Å². The molecule has 0 aliphatic carbocycles. The molecule has 1 aromatic rings. The van der Waals surface area contributed by atoms with Gasteiger partial charge in [0.1, 0.15) is 5.75 Å². The number of rotatable bonds is 5. The van der Waals surface area contributed by atoms with Gasteiger partial charge in [-0.25, -0.2) is 0 Å². The van der Waals surface area contributed by atoms with Gasteiger partial charge < -0.3 is 14.4 Å². The van der Waals surface area contributed by atoms with Crippen molar-refractivity contribution in [3.05, 3.63) is 28.7 Å². The standard InChI is InChI=1S/C19H27BrN2O3/c1-15(25-18-7-5-16(20)6-8-18)19(23)22-9-3-2-4-17(22)14-21-10-12-24-13-11-21/h5-8,15,17H,2-4,9-14H2,1H3/t15-,17+/m1/s1. The topological polar surface area (TPSA) is 42.0 Å². The molecule has 0 unspecified atom stereocenters. The molecule has 138 valence electrons. The molecular formula is C19H27BrN2O3. The lowest BCUT2D eigenvalue weighted by atomic mass is 10.0. The van der Waals surface area contributed by atoms with Crippen molar-refractivity contribution >= 4 is 21.8 Å². The van der Waals surface area contributed by atoms with Crippen molar-refractivity contribution in [1.82, 2.24) is 9.80 Å². The van der Waals surface area contributed by atoms with E-state index < -0.39 is 6.10 Å². The van der Waals surface area contributed by atoms with Gasteiger partial charge in [-0.2, -0.15) is 0 Å². The number of benzene rings is 1. The zero-order valence-electron chi connectivity index (χ0n) is 14.8. The Bertz CT molecular complexity index is 560. The van der Waals surface area contributed by atoms with Gasteiger partial charge >= 0.3 is 0 Å². The first-order valence-corrected chi connectivity index (χ1v) is 9.95. The molecule has 25 heavy (non-hydrogen) atoms. The van der Waals surface area contributed by atoms with Crippen LogP contribution in [0, 0.1) is 0 Å². The minimum absolute atomic E-state index is 0.0980. The fourth-order valence-corrected chi connectivity index (χ4v) is 3.83. The first kappa shape index (κ1) is 18.7. The molecule has 0 bridgehead atoms. The number of piperidine rings is 1. The van der Waals surface area contributed by atoms with Crippen molar-refractivity contribution in [2.75, 3.05) is 39.4 Å². The lowest BCUT2D eigenvalue weighted by Gasteiger charge is -2.40. The molecule has 0 radical (unpaired) electrons. The van der Waals surface area contributed by atoms with Crippen LogP contribution in [0.4, 0.5) is 0 Å². The van der Waals surface area contributed by atoms with Crippen LogP contribution in [0.5, 0.6) is 5.75 Å². The largest absolute Gasteiger partial charge is 0.481 e. The molecule has 2 fully saturated rings. The second-order valence-corrected chi connectivity index (χ2v) is 7.72. The molecule has 2 aliphatic heterocycles. The van der Waals surface area contributed by atoms with Crippen molar-refractivity contribution in [1.29, 1.82) is 0 Å². The van der Waals surface area contributed by atoms with Crippen molar-refractivity contribution < 1.29 is 14.3 Å². The summed E-state index contributed by atoms with van der Waals surface area (Å²) in [6.07, 6.45) is 2.89. The predicted molar refractivity (Wildman–Crippen MR) is 101 cm³/mol. The van der Waals surface area contributed by atoms with Gasteiger partial charge in [0, 0.05) is 36.7 Å². The third-order valence-corrected chi connectivity index (χ3v) is 5.49. The maximum absolute atomic E-state index is 13.0. The minimum Gasteiger partial charge on any atom is -0.481 e. The number of hydrogen-bond acceptors (Lipinski definition) is 4. The smallest absolute Gasteiger partial charge is 0.263 e. The summed E-state index contributed by atoms with van der Waals surface area (Å²) in [7, 11) is 0. The van der Waals surface area contributed by atoms with E-state index in [1.54, 1.807) is 0 Å². The van der Waals surface area contributed by atoms with Gasteiger partial charge in [0.05, 0.1) is 13.2 Å². The van der Waals surface area contributed by atoms with Gasteiger partial charge in [0.2, 0.25) is 0 Å². The van der Waals surface area contributed by atoms with Gasteiger partial charge in [-0.05, 0) is 50.5 Å². The quantitative estimate of drug-likeness (QED) is 0.748. The summed E-state index contributed by atoms with van der Waals surface area (Å²) in [4.78, 5) is 17.4. The van der Waals surface area contributed by atoms with Crippen LogP contribution in [0.1, 0.15) is 26.2 Å². The summed E-state index contributed by atoms with van der Waals surface area (Å²) in [6, 6.07) is 7.91. The van der Waals surface area contributed by atoms with Crippen molar-refractivity contribution in [2.45, 2.75) is 38.3 Å². The van der Waals surface area contributed by atoms with E-state index in [0.29, 0.717) is 0 Å². The number of ether oxygens (including phenoxy) is 2. The molecule has 2 aliphatic rings. The second kappa shape index (κ2) is 9.01. The third kappa shape index (κ3) is 5.19. The molecule has 2 heterocycles.